The first-order valence-electron chi connectivity index (χ1n) is 5.68. The molecule has 0 saturated heterocycles. The molecule has 108 valence electrons. The number of benzene rings is 1. The second kappa shape index (κ2) is 5.90. The summed E-state index contributed by atoms with van der Waals surface area (Å²) in [6, 6.07) is 3.54. The van der Waals surface area contributed by atoms with Crippen molar-refractivity contribution in [2.24, 2.45) is 5.92 Å². The van der Waals surface area contributed by atoms with Crippen LogP contribution in [0.25, 0.3) is 0 Å². The summed E-state index contributed by atoms with van der Waals surface area (Å²) in [6.07, 6.45) is -4.65. The Bertz CT molecular complexity index is 548. The molecular weight excluding hydrogens is 276 g/mol. The number of hydrogen-bond acceptors (Lipinski definition) is 2. The van der Waals surface area contributed by atoms with E-state index in [9.17, 15) is 22.4 Å². The van der Waals surface area contributed by atoms with Crippen molar-refractivity contribution < 1.29 is 22.4 Å². The minimum Gasteiger partial charge on any atom is -0.340 e. The third kappa shape index (κ3) is 3.70. The largest absolute Gasteiger partial charge is 0.416 e. The molecule has 20 heavy (non-hydrogen) atoms. The van der Waals surface area contributed by atoms with Gasteiger partial charge in [-0.15, -0.1) is 0 Å². The van der Waals surface area contributed by atoms with Gasteiger partial charge in [0.1, 0.15) is 5.82 Å². The van der Waals surface area contributed by atoms with E-state index in [0.29, 0.717) is 18.2 Å². The highest BCUT2D eigenvalue weighted by Crippen LogP contribution is 2.30. The molecule has 0 aliphatic carbocycles. The fourth-order valence-electron chi connectivity index (χ4n) is 1.61. The minimum absolute atomic E-state index is 0.00498. The molecule has 1 amide bonds. The van der Waals surface area contributed by atoms with Crippen LogP contribution in [0.4, 0.5) is 17.6 Å². The normalized spacial score (nSPS) is 12.7. The lowest BCUT2D eigenvalue weighted by Crippen LogP contribution is -2.31. The summed E-state index contributed by atoms with van der Waals surface area (Å²) >= 11 is 0. The smallest absolute Gasteiger partial charge is 0.340 e. The summed E-state index contributed by atoms with van der Waals surface area (Å²) in [5, 5.41) is 8.63. The van der Waals surface area contributed by atoms with Crippen molar-refractivity contribution in [2.75, 3.05) is 13.6 Å². The molecule has 0 spiro atoms. The van der Waals surface area contributed by atoms with Crippen LogP contribution in [0, 0.1) is 23.1 Å². The van der Waals surface area contributed by atoms with Crippen LogP contribution in [0.1, 0.15) is 22.8 Å². The molecule has 1 aromatic carbocycles. The van der Waals surface area contributed by atoms with Gasteiger partial charge in [-0.05, 0) is 25.1 Å². The second-order valence-corrected chi connectivity index (χ2v) is 4.41. The van der Waals surface area contributed by atoms with E-state index in [1.165, 1.54) is 7.05 Å². The summed E-state index contributed by atoms with van der Waals surface area (Å²) in [5.74, 6) is -2.42. The molecule has 1 rings (SSSR count). The van der Waals surface area contributed by atoms with E-state index in [-0.39, 0.29) is 6.54 Å². The van der Waals surface area contributed by atoms with Gasteiger partial charge in [0.25, 0.3) is 5.91 Å². The maximum atomic E-state index is 13.5. The molecule has 7 heteroatoms. The zero-order valence-corrected chi connectivity index (χ0v) is 10.8. The lowest BCUT2D eigenvalue weighted by molar-refractivity contribution is -0.137. The number of nitriles is 1. The Kier molecular flexibility index (Phi) is 4.71. The molecule has 1 atom stereocenters. The number of carbonyl (C=O) groups excluding carboxylic acids is 1. The Morgan fingerprint density at radius 1 is 1.45 bits per heavy atom. The first-order chi connectivity index (χ1) is 9.16. The highest BCUT2D eigenvalue weighted by Gasteiger charge is 2.32. The third-order valence-electron chi connectivity index (χ3n) is 2.64. The van der Waals surface area contributed by atoms with Gasteiger partial charge < -0.3 is 4.90 Å². The summed E-state index contributed by atoms with van der Waals surface area (Å²) < 4.78 is 51.1. The van der Waals surface area contributed by atoms with Gasteiger partial charge in [0.2, 0.25) is 0 Å². The summed E-state index contributed by atoms with van der Waals surface area (Å²) in [7, 11) is 1.30. The van der Waals surface area contributed by atoms with E-state index in [4.69, 9.17) is 5.26 Å². The van der Waals surface area contributed by atoms with E-state index in [1.807, 2.05) is 6.07 Å². The Balaban J connectivity index is 3.07. The zero-order chi connectivity index (χ0) is 15.5. The van der Waals surface area contributed by atoms with E-state index in [0.717, 1.165) is 4.90 Å². The predicted molar refractivity (Wildman–Crippen MR) is 63.1 cm³/mol. The Morgan fingerprint density at radius 3 is 2.55 bits per heavy atom. The van der Waals surface area contributed by atoms with Gasteiger partial charge in [-0.1, -0.05) is 0 Å². The number of nitrogens with zero attached hydrogens (tertiary/aromatic N) is 2. The van der Waals surface area contributed by atoms with Crippen LogP contribution < -0.4 is 0 Å². The summed E-state index contributed by atoms with van der Waals surface area (Å²) in [4.78, 5) is 12.9. The molecule has 0 fully saturated rings. The van der Waals surface area contributed by atoms with E-state index in [1.54, 1.807) is 6.92 Å². The van der Waals surface area contributed by atoms with E-state index in [2.05, 4.69) is 0 Å². The van der Waals surface area contributed by atoms with Crippen molar-refractivity contribution >= 4 is 5.91 Å². The lowest BCUT2D eigenvalue weighted by atomic mass is 10.1. The number of rotatable bonds is 3. The van der Waals surface area contributed by atoms with Crippen molar-refractivity contribution in [1.82, 2.24) is 4.90 Å². The molecule has 0 radical (unpaired) electrons. The standard InChI is InChI=1S/C13H12F4N2O/c1-8(6-18)7-19(2)12(20)10-5-9(13(15,16)17)3-4-11(10)14/h3-5,8H,7H2,1-2H3. The predicted octanol–water partition coefficient (Wildman–Crippen LogP) is 3.08. The molecule has 0 bridgehead atoms. The molecule has 0 aliphatic heterocycles. The van der Waals surface area contributed by atoms with Crippen LogP contribution >= 0.6 is 0 Å². The van der Waals surface area contributed by atoms with Gasteiger partial charge in [0.15, 0.2) is 0 Å². The monoisotopic (exact) mass is 288 g/mol. The van der Waals surface area contributed by atoms with Crippen LogP contribution in [-0.4, -0.2) is 24.4 Å². The zero-order valence-electron chi connectivity index (χ0n) is 10.8. The van der Waals surface area contributed by atoms with E-state index < -0.39 is 34.9 Å². The van der Waals surface area contributed by atoms with Crippen molar-refractivity contribution in [3.63, 3.8) is 0 Å². The van der Waals surface area contributed by atoms with Gasteiger partial charge in [-0.25, -0.2) is 4.39 Å². The third-order valence-corrected chi connectivity index (χ3v) is 2.64. The van der Waals surface area contributed by atoms with Crippen LogP contribution in [0.5, 0.6) is 0 Å². The minimum atomic E-state index is -4.65. The molecule has 0 aliphatic rings. The van der Waals surface area contributed by atoms with Crippen molar-refractivity contribution in [2.45, 2.75) is 13.1 Å². The number of halogens is 4. The van der Waals surface area contributed by atoms with Gasteiger partial charge in [0, 0.05) is 13.6 Å². The lowest BCUT2D eigenvalue weighted by Gasteiger charge is -2.19. The van der Waals surface area contributed by atoms with Crippen LogP contribution in [-0.2, 0) is 6.18 Å². The molecule has 3 nitrogen and oxygen atoms in total. The Morgan fingerprint density at radius 2 is 2.05 bits per heavy atom. The molecule has 0 heterocycles. The van der Waals surface area contributed by atoms with Gasteiger partial charge in [-0.2, -0.15) is 18.4 Å². The number of hydrogen-bond donors (Lipinski definition) is 0. The maximum Gasteiger partial charge on any atom is 0.416 e. The highest BCUT2D eigenvalue weighted by molar-refractivity contribution is 5.94. The topological polar surface area (TPSA) is 44.1 Å². The quantitative estimate of drug-likeness (QED) is 0.802. The fraction of sp³-hybridized carbons (Fsp3) is 0.385. The molecule has 0 saturated carbocycles. The maximum absolute atomic E-state index is 13.5. The molecule has 0 aromatic heterocycles. The number of carbonyl (C=O) groups is 1. The molecular formula is C13H12F4N2O. The fourth-order valence-corrected chi connectivity index (χ4v) is 1.61. The Labute approximate surface area is 113 Å². The first-order valence-corrected chi connectivity index (χ1v) is 5.68. The molecule has 0 N–H and O–H groups in total. The van der Waals surface area contributed by atoms with Gasteiger partial charge in [0.05, 0.1) is 23.1 Å². The van der Waals surface area contributed by atoms with Crippen molar-refractivity contribution in [1.29, 1.82) is 5.26 Å². The molecule has 1 unspecified atom stereocenters. The summed E-state index contributed by atoms with van der Waals surface area (Å²) in [5.41, 5.74) is -1.75. The SMILES string of the molecule is CC(C#N)CN(C)C(=O)c1cc(C(F)(F)F)ccc1F. The van der Waals surface area contributed by atoms with Gasteiger partial charge in [-0.3, -0.25) is 4.79 Å². The first kappa shape index (κ1) is 16.0. The van der Waals surface area contributed by atoms with Crippen LogP contribution in [0.2, 0.25) is 0 Å². The molecule has 1 aromatic rings. The van der Waals surface area contributed by atoms with Crippen LogP contribution in [0.15, 0.2) is 18.2 Å². The Hall–Kier alpha value is -2.10. The van der Waals surface area contributed by atoms with Crippen molar-refractivity contribution in [3.05, 3.63) is 35.1 Å². The second-order valence-electron chi connectivity index (χ2n) is 4.41. The van der Waals surface area contributed by atoms with Gasteiger partial charge >= 0.3 is 6.18 Å². The average Bonchev–Trinajstić information content (AvgIpc) is 2.36. The van der Waals surface area contributed by atoms with Crippen molar-refractivity contribution in [3.8, 4) is 6.07 Å². The average molecular weight is 288 g/mol. The number of amides is 1. The summed E-state index contributed by atoms with van der Waals surface area (Å²) in [6.45, 7) is 1.55. The number of alkyl halides is 3. The van der Waals surface area contributed by atoms with Crippen LogP contribution in [0.3, 0.4) is 0 Å². The highest BCUT2D eigenvalue weighted by atomic mass is 19.4. The van der Waals surface area contributed by atoms with E-state index >= 15 is 0 Å².